The Morgan fingerprint density at radius 3 is 3.00 bits per heavy atom. The Bertz CT molecular complexity index is 727. The molecule has 23 heavy (non-hydrogen) atoms. The van der Waals surface area contributed by atoms with Gasteiger partial charge in [0.15, 0.2) is 0 Å². The number of rotatable bonds is 3. The standard InChI is InChI=1S/C17H17BrN2O2S/c18-11-8-15(23-10-11)16-19-14-6-2-1-5-13(14)17(21)20(16)9-12-4-3-7-22-12/h1-2,5-6,8,10,12,16,19H,3-4,7,9H2. The number of carbonyl (C=O) groups excluding carboxylic acids is 1. The van der Waals surface area contributed by atoms with Crippen LogP contribution in [0.2, 0.25) is 0 Å². The minimum atomic E-state index is -0.141. The number of fused-ring (bicyclic) bond motifs is 1. The Kier molecular flexibility index (Phi) is 4.13. The molecule has 1 N–H and O–H groups in total. The van der Waals surface area contributed by atoms with Crippen LogP contribution in [0.1, 0.15) is 34.2 Å². The maximum Gasteiger partial charge on any atom is 0.257 e. The molecule has 2 aromatic rings. The number of carbonyl (C=O) groups is 1. The number of hydrogen-bond acceptors (Lipinski definition) is 4. The van der Waals surface area contributed by atoms with Crippen molar-refractivity contribution in [3.8, 4) is 0 Å². The van der Waals surface area contributed by atoms with Crippen molar-refractivity contribution in [2.45, 2.75) is 25.1 Å². The van der Waals surface area contributed by atoms with Crippen molar-refractivity contribution in [1.82, 2.24) is 4.90 Å². The van der Waals surface area contributed by atoms with Crippen LogP contribution in [0.15, 0.2) is 40.2 Å². The summed E-state index contributed by atoms with van der Waals surface area (Å²) in [6, 6.07) is 9.78. The van der Waals surface area contributed by atoms with E-state index in [9.17, 15) is 4.79 Å². The Labute approximate surface area is 147 Å². The molecule has 0 spiro atoms. The molecule has 120 valence electrons. The van der Waals surface area contributed by atoms with Crippen LogP contribution in [0.5, 0.6) is 0 Å². The number of amides is 1. The summed E-state index contributed by atoms with van der Waals surface area (Å²) in [7, 11) is 0. The molecule has 0 bridgehead atoms. The van der Waals surface area contributed by atoms with Crippen LogP contribution in [-0.2, 0) is 4.74 Å². The van der Waals surface area contributed by atoms with Crippen LogP contribution in [0.25, 0.3) is 0 Å². The van der Waals surface area contributed by atoms with Gasteiger partial charge in [-0.15, -0.1) is 11.3 Å². The minimum Gasteiger partial charge on any atom is -0.376 e. The van der Waals surface area contributed by atoms with Crippen molar-refractivity contribution >= 4 is 38.9 Å². The maximum atomic E-state index is 13.0. The summed E-state index contributed by atoms with van der Waals surface area (Å²) >= 11 is 5.16. The molecule has 4 nitrogen and oxygen atoms in total. The lowest BCUT2D eigenvalue weighted by Crippen LogP contribution is -2.46. The highest BCUT2D eigenvalue weighted by Gasteiger charge is 2.35. The predicted molar refractivity (Wildman–Crippen MR) is 94.8 cm³/mol. The number of anilines is 1. The maximum absolute atomic E-state index is 13.0. The lowest BCUT2D eigenvalue weighted by Gasteiger charge is -2.38. The fraction of sp³-hybridized carbons (Fsp3) is 0.353. The zero-order chi connectivity index (χ0) is 15.8. The van der Waals surface area contributed by atoms with Crippen molar-refractivity contribution in [2.24, 2.45) is 0 Å². The van der Waals surface area contributed by atoms with E-state index in [-0.39, 0.29) is 18.2 Å². The van der Waals surface area contributed by atoms with E-state index < -0.39 is 0 Å². The van der Waals surface area contributed by atoms with E-state index in [0.29, 0.717) is 6.54 Å². The first-order chi connectivity index (χ1) is 11.2. The Hall–Kier alpha value is -1.37. The van der Waals surface area contributed by atoms with Gasteiger partial charge in [0.2, 0.25) is 0 Å². The van der Waals surface area contributed by atoms with E-state index >= 15 is 0 Å². The van der Waals surface area contributed by atoms with E-state index in [1.807, 2.05) is 34.5 Å². The topological polar surface area (TPSA) is 41.6 Å². The number of hydrogen-bond donors (Lipinski definition) is 1. The fourth-order valence-corrected chi connectivity index (χ4v) is 4.69. The van der Waals surface area contributed by atoms with E-state index in [4.69, 9.17) is 4.74 Å². The summed E-state index contributed by atoms with van der Waals surface area (Å²) in [6.07, 6.45) is 2.09. The zero-order valence-electron chi connectivity index (χ0n) is 12.5. The Balaban J connectivity index is 1.70. The monoisotopic (exact) mass is 392 g/mol. The average Bonchev–Trinajstić information content (AvgIpc) is 3.21. The lowest BCUT2D eigenvalue weighted by atomic mass is 10.1. The molecular formula is C17H17BrN2O2S. The minimum absolute atomic E-state index is 0.0735. The van der Waals surface area contributed by atoms with Gasteiger partial charge < -0.3 is 15.0 Å². The van der Waals surface area contributed by atoms with Crippen molar-refractivity contribution in [1.29, 1.82) is 0 Å². The van der Waals surface area contributed by atoms with Crippen LogP contribution in [0.3, 0.4) is 0 Å². The number of ether oxygens (including phenoxy) is 1. The molecular weight excluding hydrogens is 376 g/mol. The molecule has 3 heterocycles. The molecule has 6 heteroatoms. The van der Waals surface area contributed by atoms with Gasteiger partial charge in [-0.2, -0.15) is 0 Å². The molecule has 2 aliphatic heterocycles. The zero-order valence-corrected chi connectivity index (χ0v) is 14.9. The second-order valence-electron chi connectivity index (χ2n) is 5.85. The van der Waals surface area contributed by atoms with Gasteiger partial charge in [0.05, 0.1) is 11.7 Å². The van der Waals surface area contributed by atoms with Gasteiger partial charge in [-0.1, -0.05) is 12.1 Å². The van der Waals surface area contributed by atoms with Crippen molar-refractivity contribution in [2.75, 3.05) is 18.5 Å². The Morgan fingerprint density at radius 1 is 1.39 bits per heavy atom. The highest BCUT2D eigenvalue weighted by Crippen LogP contribution is 2.37. The van der Waals surface area contributed by atoms with Gasteiger partial charge in [0.25, 0.3) is 5.91 Å². The molecule has 2 aliphatic rings. The van der Waals surface area contributed by atoms with Crippen molar-refractivity contribution in [3.05, 3.63) is 50.6 Å². The first-order valence-electron chi connectivity index (χ1n) is 7.74. The summed E-state index contributed by atoms with van der Waals surface area (Å²) in [5.74, 6) is 0.0735. The van der Waals surface area contributed by atoms with Crippen molar-refractivity contribution in [3.63, 3.8) is 0 Å². The molecule has 1 amide bonds. The normalized spacial score (nSPS) is 23.7. The molecule has 1 aromatic heterocycles. The summed E-state index contributed by atoms with van der Waals surface area (Å²) in [5, 5.41) is 5.57. The van der Waals surface area contributed by atoms with E-state index in [1.165, 1.54) is 0 Å². The molecule has 1 saturated heterocycles. The van der Waals surface area contributed by atoms with E-state index in [2.05, 4.69) is 27.3 Å². The average molecular weight is 393 g/mol. The number of nitrogens with zero attached hydrogens (tertiary/aromatic N) is 1. The second-order valence-corrected chi connectivity index (χ2v) is 7.71. The molecule has 0 radical (unpaired) electrons. The second kappa shape index (κ2) is 6.26. The van der Waals surface area contributed by atoms with E-state index in [1.54, 1.807) is 11.3 Å². The van der Waals surface area contributed by atoms with Crippen LogP contribution >= 0.6 is 27.3 Å². The predicted octanol–water partition coefficient (Wildman–Crippen LogP) is 4.26. The molecule has 1 aromatic carbocycles. The summed E-state index contributed by atoms with van der Waals surface area (Å²) in [4.78, 5) is 16.1. The molecule has 1 fully saturated rings. The molecule has 0 aliphatic carbocycles. The van der Waals surface area contributed by atoms with Gasteiger partial charge in [-0.25, -0.2) is 0 Å². The molecule has 2 unspecified atom stereocenters. The third-order valence-electron chi connectivity index (χ3n) is 4.30. The third-order valence-corrected chi connectivity index (χ3v) is 6.05. The number of para-hydroxylation sites is 1. The van der Waals surface area contributed by atoms with Gasteiger partial charge in [-0.05, 0) is 47.0 Å². The molecule has 4 rings (SSSR count). The SMILES string of the molecule is O=C1c2ccccc2NC(c2cc(Br)cs2)N1CC1CCCO1. The molecule has 2 atom stereocenters. The number of benzene rings is 1. The first kappa shape index (κ1) is 15.2. The van der Waals surface area contributed by atoms with Gasteiger partial charge in [0, 0.05) is 33.6 Å². The Morgan fingerprint density at radius 2 is 2.26 bits per heavy atom. The number of halogens is 1. The van der Waals surface area contributed by atoms with E-state index in [0.717, 1.165) is 40.0 Å². The fourth-order valence-electron chi connectivity index (χ4n) is 3.19. The summed E-state index contributed by atoms with van der Waals surface area (Å²) in [6.45, 7) is 1.42. The largest absolute Gasteiger partial charge is 0.376 e. The molecule has 0 saturated carbocycles. The van der Waals surface area contributed by atoms with Gasteiger partial charge in [-0.3, -0.25) is 4.79 Å². The highest BCUT2D eigenvalue weighted by atomic mass is 79.9. The number of thiophene rings is 1. The third kappa shape index (κ3) is 2.91. The summed E-state index contributed by atoms with van der Waals surface area (Å²) < 4.78 is 6.80. The first-order valence-corrected chi connectivity index (χ1v) is 9.42. The van der Waals surface area contributed by atoms with Crippen molar-refractivity contribution < 1.29 is 9.53 Å². The number of nitrogens with one attached hydrogen (secondary N) is 1. The van der Waals surface area contributed by atoms with Crippen LogP contribution < -0.4 is 5.32 Å². The quantitative estimate of drug-likeness (QED) is 0.848. The van der Waals surface area contributed by atoms with Gasteiger partial charge >= 0.3 is 0 Å². The summed E-state index contributed by atoms with van der Waals surface area (Å²) in [5.41, 5.74) is 1.63. The van der Waals surface area contributed by atoms with Crippen LogP contribution in [0, 0.1) is 0 Å². The smallest absolute Gasteiger partial charge is 0.257 e. The van der Waals surface area contributed by atoms with Crippen LogP contribution in [0.4, 0.5) is 5.69 Å². The van der Waals surface area contributed by atoms with Gasteiger partial charge in [0.1, 0.15) is 6.17 Å². The van der Waals surface area contributed by atoms with Crippen LogP contribution in [-0.4, -0.2) is 30.1 Å². The highest BCUT2D eigenvalue weighted by molar-refractivity contribution is 9.10. The lowest BCUT2D eigenvalue weighted by molar-refractivity contribution is 0.0430.